The van der Waals surface area contributed by atoms with Crippen molar-refractivity contribution in [3.05, 3.63) is 0 Å². The van der Waals surface area contributed by atoms with Crippen LogP contribution in [0.3, 0.4) is 0 Å². The van der Waals surface area contributed by atoms with Crippen molar-refractivity contribution in [2.24, 2.45) is 0 Å². The highest BCUT2D eigenvalue weighted by atomic mass is 31.2. The number of rotatable bonds is 3. The molecule has 2 rings (SSSR count). The molecule has 0 aromatic carbocycles. The summed E-state index contributed by atoms with van der Waals surface area (Å²) in [5, 5.41) is 0. The third-order valence-electron chi connectivity index (χ3n) is 3.88. The fourth-order valence-electron chi connectivity index (χ4n) is 3.02. The molecule has 0 bridgehead atoms. The van der Waals surface area contributed by atoms with Gasteiger partial charge in [-0.1, -0.05) is 27.7 Å². The lowest BCUT2D eigenvalue weighted by atomic mass is 10.3. The van der Waals surface area contributed by atoms with Crippen LogP contribution in [0.2, 0.25) is 0 Å². The maximum atomic E-state index is 13.0. The van der Waals surface area contributed by atoms with Gasteiger partial charge in [0.2, 0.25) is 0 Å². The minimum Gasteiger partial charge on any atom is -0.369 e. The lowest BCUT2D eigenvalue weighted by Gasteiger charge is -2.32. The molecule has 82 valence electrons. The van der Waals surface area contributed by atoms with Crippen molar-refractivity contribution in [1.82, 2.24) is 0 Å². The second kappa shape index (κ2) is 3.35. The molecule has 0 aromatic heterocycles. The molecule has 3 atom stereocenters. The van der Waals surface area contributed by atoms with E-state index in [1.165, 1.54) is 0 Å². The van der Waals surface area contributed by atoms with Crippen molar-refractivity contribution in [2.75, 3.05) is 0 Å². The van der Waals surface area contributed by atoms with E-state index >= 15 is 0 Å². The third kappa shape index (κ3) is 1.39. The zero-order valence-electron chi connectivity index (χ0n) is 9.56. The summed E-state index contributed by atoms with van der Waals surface area (Å²) < 4.78 is 18.5. The van der Waals surface area contributed by atoms with Crippen LogP contribution in [0.1, 0.15) is 40.5 Å². The van der Waals surface area contributed by atoms with Gasteiger partial charge >= 0.3 is 0 Å². The fraction of sp³-hybridized carbons (Fsp3) is 1.00. The van der Waals surface area contributed by atoms with E-state index in [-0.39, 0.29) is 0 Å². The van der Waals surface area contributed by atoms with E-state index in [4.69, 9.17) is 4.74 Å². The zero-order valence-corrected chi connectivity index (χ0v) is 10.5. The average Bonchev–Trinajstić information content (AvgIpc) is 2.76. The molecular weight excluding hydrogens is 195 g/mol. The Kier molecular flexibility index (Phi) is 2.56. The molecule has 1 aliphatic carbocycles. The van der Waals surface area contributed by atoms with Gasteiger partial charge in [0.05, 0.1) is 19.3 Å². The molecule has 0 radical (unpaired) electrons. The number of fused-ring (bicyclic) bond motifs is 1. The average molecular weight is 216 g/mol. The summed E-state index contributed by atoms with van der Waals surface area (Å²) in [7, 11) is -2.05. The summed E-state index contributed by atoms with van der Waals surface area (Å²) in [6.45, 7) is 8.43. The van der Waals surface area contributed by atoms with Crippen molar-refractivity contribution in [2.45, 2.75) is 69.7 Å². The first-order chi connectivity index (χ1) is 6.48. The number of hydrogen-bond donors (Lipinski definition) is 0. The van der Waals surface area contributed by atoms with E-state index in [2.05, 4.69) is 27.7 Å². The summed E-state index contributed by atoms with van der Waals surface area (Å²) in [6, 6.07) is 0. The molecule has 0 amide bonds. The molecule has 0 aromatic rings. The maximum absolute atomic E-state index is 13.0. The van der Waals surface area contributed by atoms with Crippen LogP contribution in [-0.2, 0) is 9.30 Å². The summed E-state index contributed by atoms with van der Waals surface area (Å²) in [4.78, 5) is 0. The van der Waals surface area contributed by atoms with Crippen molar-refractivity contribution in [3.8, 4) is 0 Å². The highest BCUT2D eigenvalue weighted by molar-refractivity contribution is 7.66. The number of ether oxygens (including phenoxy) is 1. The van der Waals surface area contributed by atoms with Gasteiger partial charge in [-0.2, -0.15) is 0 Å². The molecule has 2 fully saturated rings. The molecule has 2 nitrogen and oxygen atoms in total. The summed E-state index contributed by atoms with van der Waals surface area (Å²) >= 11 is 0. The first-order valence-electron chi connectivity index (χ1n) is 5.72. The van der Waals surface area contributed by atoms with E-state index in [1.54, 1.807) is 0 Å². The molecule has 0 spiro atoms. The minimum atomic E-state index is -2.05. The minimum absolute atomic E-state index is 0.315. The Balaban J connectivity index is 2.22. The normalized spacial score (nSPS) is 36.6. The van der Waals surface area contributed by atoms with E-state index in [9.17, 15) is 4.57 Å². The molecule has 3 heteroatoms. The Morgan fingerprint density at radius 3 is 2.00 bits per heavy atom. The standard InChI is InChI=1S/C11H21O2P/c1-7(2)14(12,8(3)4)10-6-5-9-11(10)13-9/h7-11H,5-6H2,1-4H3/t9-,10+,11-/m0/s1. The smallest absolute Gasteiger partial charge is 0.0980 e. The summed E-state index contributed by atoms with van der Waals surface area (Å²) in [5.41, 5.74) is 0.999. The third-order valence-corrected chi connectivity index (χ3v) is 8.70. The van der Waals surface area contributed by atoms with Gasteiger partial charge in [-0.25, -0.2) is 0 Å². The van der Waals surface area contributed by atoms with Gasteiger partial charge in [0, 0.05) is 17.0 Å². The van der Waals surface area contributed by atoms with Crippen LogP contribution in [0.25, 0.3) is 0 Å². The van der Waals surface area contributed by atoms with Crippen LogP contribution in [-0.4, -0.2) is 29.2 Å². The number of epoxide rings is 1. The van der Waals surface area contributed by atoms with E-state index in [0.29, 0.717) is 29.2 Å². The highest BCUT2D eigenvalue weighted by Crippen LogP contribution is 2.66. The summed E-state index contributed by atoms with van der Waals surface area (Å²) in [6.07, 6.45) is 3.08. The monoisotopic (exact) mass is 216 g/mol. The van der Waals surface area contributed by atoms with Crippen LogP contribution < -0.4 is 0 Å². The fourth-order valence-corrected chi connectivity index (χ4v) is 7.02. The van der Waals surface area contributed by atoms with E-state index < -0.39 is 7.14 Å². The molecule has 0 unspecified atom stereocenters. The van der Waals surface area contributed by atoms with E-state index in [0.717, 1.165) is 12.8 Å². The maximum Gasteiger partial charge on any atom is 0.0980 e. The quantitative estimate of drug-likeness (QED) is 0.536. The Morgan fingerprint density at radius 2 is 1.71 bits per heavy atom. The molecular formula is C11H21O2P. The lowest BCUT2D eigenvalue weighted by Crippen LogP contribution is -2.23. The van der Waals surface area contributed by atoms with Crippen molar-refractivity contribution in [3.63, 3.8) is 0 Å². The molecule has 14 heavy (non-hydrogen) atoms. The van der Waals surface area contributed by atoms with Crippen molar-refractivity contribution in [1.29, 1.82) is 0 Å². The Bertz CT molecular complexity index is 260. The Hall–Kier alpha value is 0.190. The lowest BCUT2D eigenvalue weighted by molar-refractivity contribution is 0.320. The van der Waals surface area contributed by atoms with Gasteiger partial charge in [0.1, 0.15) is 0 Å². The van der Waals surface area contributed by atoms with Crippen LogP contribution in [0.4, 0.5) is 0 Å². The Morgan fingerprint density at radius 1 is 1.14 bits per heavy atom. The SMILES string of the molecule is CC(C)P(=O)(C(C)C)[C@@H]1CC[C@@H]2O[C@@H]21. The molecule has 1 saturated carbocycles. The van der Waals surface area contributed by atoms with Crippen LogP contribution in [0.15, 0.2) is 0 Å². The Labute approximate surface area is 86.8 Å². The first kappa shape index (κ1) is 10.7. The second-order valence-electron chi connectivity index (χ2n) is 5.23. The molecule has 0 N–H and O–H groups in total. The van der Waals surface area contributed by atoms with E-state index in [1.807, 2.05) is 0 Å². The number of hydrogen-bond acceptors (Lipinski definition) is 2. The van der Waals surface area contributed by atoms with Gasteiger partial charge in [-0.3, -0.25) is 0 Å². The van der Waals surface area contributed by atoms with Gasteiger partial charge in [0.25, 0.3) is 0 Å². The predicted molar refractivity (Wildman–Crippen MR) is 59.6 cm³/mol. The van der Waals surface area contributed by atoms with Crippen LogP contribution in [0.5, 0.6) is 0 Å². The van der Waals surface area contributed by atoms with Gasteiger partial charge in [-0.15, -0.1) is 0 Å². The van der Waals surface area contributed by atoms with Crippen LogP contribution in [0, 0.1) is 0 Å². The summed E-state index contributed by atoms with van der Waals surface area (Å²) in [5.74, 6) is 0. The molecule has 1 heterocycles. The predicted octanol–water partition coefficient (Wildman–Crippen LogP) is 3.10. The topological polar surface area (TPSA) is 29.6 Å². The van der Waals surface area contributed by atoms with Crippen molar-refractivity contribution < 1.29 is 9.30 Å². The zero-order chi connectivity index (χ0) is 10.5. The molecule has 1 saturated heterocycles. The van der Waals surface area contributed by atoms with Gasteiger partial charge < -0.3 is 9.30 Å². The van der Waals surface area contributed by atoms with Gasteiger partial charge in [-0.05, 0) is 12.8 Å². The van der Waals surface area contributed by atoms with Crippen LogP contribution >= 0.6 is 7.14 Å². The first-order valence-corrected chi connectivity index (χ1v) is 7.64. The van der Waals surface area contributed by atoms with Gasteiger partial charge in [0.15, 0.2) is 0 Å². The molecule has 1 aliphatic heterocycles. The highest BCUT2D eigenvalue weighted by Gasteiger charge is 2.57. The largest absolute Gasteiger partial charge is 0.369 e. The molecule has 2 aliphatic rings. The second-order valence-corrected chi connectivity index (χ2v) is 9.49. The van der Waals surface area contributed by atoms with Crippen molar-refractivity contribution >= 4 is 7.14 Å².